The number of nitrogens with zero attached hydrogens (tertiary/aromatic N) is 3. The first-order chi connectivity index (χ1) is 9.01. The lowest BCUT2D eigenvalue weighted by atomic mass is 10.1. The van der Waals surface area contributed by atoms with E-state index in [1.54, 1.807) is 0 Å². The van der Waals surface area contributed by atoms with E-state index in [0.29, 0.717) is 5.56 Å². The van der Waals surface area contributed by atoms with E-state index in [9.17, 15) is 9.18 Å². The van der Waals surface area contributed by atoms with Crippen molar-refractivity contribution in [2.45, 2.75) is 6.54 Å². The Morgan fingerprint density at radius 1 is 1.37 bits per heavy atom. The molecule has 19 heavy (non-hydrogen) atoms. The molecule has 0 radical (unpaired) electrons. The maximum atomic E-state index is 13.3. The van der Waals surface area contributed by atoms with E-state index < -0.39 is 11.4 Å². The predicted octanol–water partition coefficient (Wildman–Crippen LogP) is 2.61. The SMILES string of the molecule is N#Cc1cc(F)cc(Cn2cnc(Cl)c(Cl)c2=O)c1. The van der Waals surface area contributed by atoms with Crippen LogP contribution in [0, 0.1) is 17.1 Å². The van der Waals surface area contributed by atoms with E-state index in [2.05, 4.69) is 4.98 Å². The summed E-state index contributed by atoms with van der Waals surface area (Å²) in [4.78, 5) is 15.5. The largest absolute Gasteiger partial charge is 0.293 e. The maximum Gasteiger partial charge on any atom is 0.273 e. The zero-order valence-corrected chi connectivity index (χ0v) is 10.9. The van der Waals surface area contributed by atoms with Crippen molar-refractivity contribution in [2.75, 3.05) is 0 Å². The molecule has 1 aromatic heterocycles. The molecule has 7 heteroatoms. The summed E-state index contributed by atoms with van der Waals surface area (Å²) in [6.45, 7) is 0.0508. The number of nitriles is 1. The second kappa shape index (κ2) is 5.39. The van der Waals surface area contributed by atoms with Crippen LogP contribution < -0.4 is 5.56 Å². The molecular weight excluding hydrogens is 292 g/mol. The monoisotopic (exact) mass is 297 g/mol. The summed E-state index contributed by atoms with van der Waals surface area (Å²) in [5.74, 6) is -0.546. The third-order valence-corrected chi connectivity index (χ3v) is 3.10. The second-order valence-corrected chi connectivity index (χ2v) is 4.48. The zero-order valence-electron chi connectivity index (χ0n) is 9.40. The molecular formula is C12H6Cl2FN3O. The standard InChI is InChI=1S/C12H6Cl2FN3O/c13-10-11(14)17-6-18(12(10)19)5-8-1-7(4-16)2-9(15)3-8/h1-3,6H,5H2. The van der Waals surface area contributed by atoms with Gasteiger partial charge in [-0.25, -0.2) is 9.37 Å². The van der Waals surface area contributed by atoms with Gasteiger partial charge < -0.3 is 0 Å². The van der Waals surface area contributed by atoms with Gasteiger partial charge in [0, 0.05) is 0 Å². The number of aromatic nitrogens is 2. The lowest BCUT2D eigenvalue weighted by Gasteiger charge is -2.07. The van der Waals surface area contributed by atoms with E-state index >= 15 is 0 Å². The fourth-order valence-corrected chi connectivity index (χ4v) is 1.84. The predicted molar refractivity (Wildman–Crippen MR) is 68.7 cm³/mol. The highest BCUT2D eigenvalue weighted by Crippen LogP contribution is 2.14. The molecule has 0 saturated heterocycles. The Kier molecular flexibility index (Phi) is 3.84. The molecule has 1 heterocycles. The van der Waals surface area contributed by atoms with Crippen molar-refractivity contribution < 1.29 is 4.39 Å². The van der Waals surface area contributed by atoms with E-state index in [1.807, 2.05) is 6.07 Å². The van der Waals surface area contributed by atoms with Crippen molar-refractivity contribution in [2.24, 2.45) is 0 Å². The first-order valence-electron chi connectivity index (χ1n) is 5.11. The van der Waals surface area contributed by atoms with Crippen LogP contribution in [-0.4, -0.2) is 9.55 Å². The number of halogens is 3. The highest BCUT2D eigenvalue weighted by molar-refractivity contribution is 6.40. The minimum atomic E-state index is -0.546. The van der Waals surface area contributed by atoms with Gasteiger partial charge in [0.15, 0.2) is 5.15 Å². The van der Waals surface area contributed by atoms with Crippen LogP contribution >= 0.6 is 23.2 Å². The first kappa shape index (κ1) is 13.5. The summed E-state index contributed by atoms with van der Waals surface area (Å²) in [6, 6.07) is 5.67. The van der Waals surface area contributed by atoms with Crippen LogP contribution in [0.2, 0.25) is 10.2 Å². The summed E-state index contributed by atoms with van der Waals surface area (Å²) in [6.07, 6.45) is 1.22. The topological polar surface area (TPSA) is 58.7 Å². The number of rotatable bonds is 2. The van der Waals surface area contributed by atoms with Crippen molar-refractivity contribution in [3.05, 3.63) is 62.0 Å². The third-order valence-electron chi connectivity index (χ3n) is 2.38. The van der Waals surface area contributed by atoms with Gasteiger partial charge in [0.1, 0.15) is 10.8 Å². The Morgan fingerprint density at radius 3 is 2.79 bits per heavy atom. The molecule has 0 saturated carbocycles. The van der Waals surface area contributed by atoms with Gasteiger partial charge in [0.2, 0.25) is 0 Å². The van der Waals surface area contributed by atoms with Crippen LogP contribution in [0.4, 0.5) is 4.39 Å². The summed E-state index contributed by atoms with van der Waals surface area (Å²) < 4.78 is 14.4. The molecule has 2 aromatic rings. The van der Waals surface area contributed by atoms with Crippen LogP contribution in [0.15, 0.2) is 29.3 Å². The summed E-state index contributed by atoms with van der Waals surface area (Å²) in [5.41, 5.74) is 0.111. The number of hydrogen-bond acceptors (Lipinski definition) is 3. The molecule has 0 bridgehead atoms. The molecule has 0 spiro atoms. The Morgan fingerprint density at radius 2 is 2.11 bits per heavy atom. The molecule has 0 aliphatic rings. The van der Waals surface area contributed by atoms with Gasteiger partial charge in [-0.1, -0.05) is 23.2 Å². The molecule has 0 unspecified atom stereocenters. The second-order valence-electron chi connectivity index (χ2n) is 3.74. The zero-order chi connectivity index (χ0) is 14.0. The van der Waals surface area contributed by atoms with Crippen molar-refractivity contribution in [1.82, 2.24) is 9.55 Å². The fourth-order valence-electron chi connectivity index (χ4n) is 1.56. The van der Waals surface area contributed by atoms with E-state index in [1.165, 1.54) is 23.0 Å². The van der Waals surface area contributed by atoms with Gasteiger partial charge >= 0.3 is 0 Å². The molecule has 0 N–H and O–H groups in total. The van der Waals surface area contributed by atoms with Gasteiger partial charge in [-0.3, -0.25) is 9.36 Å². The maximum absolute atomic E-state index is 13.3. The lowest BCUT2D eigenvalue weighted by Crippen LogP contribution is -2.21. The van der Waals surface area contributed by atoms with E-state index in [0.717, 1.165) is 6.07 Å². The number of benzene rings is 1. The quantitative estimate of drug-likeness (QED) is 0.801. The first-order valence-corrected chi connectivity index (χ1v) is 5.87. The van der Waals surface area contributed by atoms with Crippen LogP contribution in [-0.2, 0) is 6.54 Å². The van der Waals surface area contributed by atoms with E-state index in [4.69, 9.17) is 28.5 Å². The van der Waals surface area contributed by atoms with Crippen LogP contribution in [0.25, 0.3) is 0 Å². The fraction of sp³-hybridized carbons (Fsp3) is 0.0833. The molecule has 0 aliphatic heterocycles. The Labute approximate surface area is 117 Å². The number of hydrogen-bond donors (Lipinski definition) is 0. The lowest BCUT2D eigenvalue weighted by molar-refractivity contribution is 0.621. The van der Waals surface area contributed by atoms with Crippen molar-refractivity contribution >= 4 is 23.2 Å². The molecule has 0 atom stereocenters. The van der Waals surface area contributed by atoms with Gasteiger partial charge in [0.25, 0.3) is 5.56 Å². The van der Waals surface area contributed by atoms with Crippen LogP contribution in [0.3, 0.4) is 0 Å². The van der Waals surface area contributed by atoms with Crippen LogP contribution in [0.5, 0.6) is 0 Å². The average molecular weight is 298 g/mol. The van der Waals surface area contributed by atoms with Gasteiger partial charge in [-0.05, 0) is 23.8 Å². The van der Waals surface area contributed by atoms with Gasteiger partial charge in [-0.15, -0.1) is 0 Å². The Balaban J connectivity index is 2.43. The molecule has 2 rings (SSSR count). The van der Waals surface area contributed by atoms with Crippen LogP contribution in [0.1, 0.15) is 11.1 Å². The summed E-state index contributed by atoms with van der Waals surface area (Å²) >= 11 is 11.3. The average Bonchev–Trinajstić information content (AvgIpc) is 2.39. The third kappa shape index (κ3) is 2.92. The molecule has 4 nitrogen and oxygen atoms in total. The summed E-state index contributed by atoms with van der Waals surface area (Å²) in [7, 11) is 0. The Hall–Kier alpha value is -1.90. The molecule has 0 fully saturated rings. The molecule has 96 valence electrons. The molecule has 1 aromatic carbocycles. The van der Waals surface area contributed by atoms with Gasteiger partial charge in [0.05, 0.1) is 24.5 Å². The Bertz CT molecular complexity index is 737. The minimum absolute atomic E-state index is 0.0508. The van der Waals surface area contributed by atoms with E-state index in [-0.39, 0.29) is 22.3 Å². The molecule has 0 aliphatic carbocycles. The summed E-state index contributed by atoms with van der Waals surface area (Å²) in [5, 5.41) is 8.47. The molecule has 0 amide bonds. The van der Waals surface area contributed by atoms with Crippen molar-refractivity contribution in [3.8, 4) is 6.07 Å². The minimum Gasteiger partial charge on any atom is -0.293 e. The highest BCUT2D eigenvalue weighted by atomic mass is 35.5. The smallest absolute Gasteiger partial charge is 0.273 e. The van der Waals surface area contributed by atoms with Crippen molar-refractivity contribution in [1.29, 1.82) is 5.26 Å². The van der Waals surface area contributed by atoms with Gasteiger partial charge in [-0.2, -0.15) is 5.26 Å². The van der Waals surface area contributed by atoms with Crippen molar-refractivity contribution in [3.63, 3.8) is 0 Å². The normalized spacial score (nSPS) is 10.2. The highest BCUT2D eigenvalue weighted by Gasteiger charge is 2.08.